The second-order valence-corrected chi connectivity index (χ2v) is 9.37. The van der Waals surface area contributed by atoms with Gasteiger partial charge in [0.15, 0.2) is 0 Å². The average molecular weight is 399 g/mol. The highest BCUT2D eigenvalue weighted by Crippen LogP contribution is 2.30. The fourth-order valence-electron chi connectivity index (χ4n) is 4.60. The summed E-state index contributed by atoms with van der Waals surface area (Å²) >= 11 is 0. The van der Waals surface area contributed by atoms with Gasteiger partial charge in [0.2, 0.25) is 11.8 Å². The summed E-state index contributed by atoms with van der Waals surface area (Å²) in [7, 11) is 0. The zero-order valence-corrected chi connectivity index (χ0v) is 17.5. The van der Waals surface area contributed by atoms with Crippen LogP contribution in [-0.2, 0) is 16.1 Å². The Hall–Kier alpha value is -2.41. The van der Waals surface area contributed by atoms with Crippen molar-refractivity contribution in [3.63, 3.8) is 0 Å². The van der Waals surface area contributed by atoms with Crippen LogP contribution in [0.2, 0.25) is 0 Å². The summed E-state index contributed by atoms with van der Waals surface area (Å²) in [4.78, 5) is 40.5. The van der Waals surface area contributed by atoms with Crippen molar-refractivity contribution in [3.8, 4) is 0 Å². The van der Waals surface area contributed by atoms with E-state index in [2.05, 4.69) is 36.3 Å². The Morgan fingerprint density at radius 1 is 1.14 bits per heavy atom. The molecule has 1 aromatic rings. The van der Waals surface area contributed by atoms with Gasteiger partial charge in [-0.05, 0) is 70.3 Å². The number of anilines is 1. The third kappa shape index (κ3) is 4.01. The van der Waals surface area contributed by atoms with Crippen LogP contribution in [0.15, 0.2) is 18.2 Å². The Balaban J connectivity index is 1.45. The number of rotatable bonds is 3. The molecule has 2 N–H and O–H groups in total. The number of hydrogen-bond donors (Lipinski definition) is 2. The molecule has 3 amide bonds. The van der Waals surface area contributed by atoms with E-state index in [0.717, 1.165) is 30.8 Å². The van der Waals surface area contributed by atoms with Crippen molar-refractivity contribution in [2.24, 2.45) is 0 Å². The van der Waals surface area contributed by atoms with E-state index in [0.29, 0.717) is 24.6 Å². The molecule has 0 spiro atoms. The molecular weight excluding hydrogens is 368 g/mol. The molecule has 1 aromatic carbocycles. The highest BCUT2D eigenvalue weighted by molar-refractivity contribution is 6.05. The van der Waals surface area contributed by atoms with Gasteiger partial charge in [-0.25, -0.2) is 0 Å². The van der Waals surface area contributed by atoms with Gasteiger partial charge in [-0.2, -0.15) is 0 Å². The molecule has 29 heavy (non-hydrogen) atoms. The number of fused-ring (bicyclic) bond motifs is 1. The number of likely N-dealkylation sites (tertiary alicyclic amines) is 1. The normalized spacial score (nSPS) is 25.8. The fourth-order valence-corrected chi connectivity index (χ4v) is 4.60. The first kappa shape index (κ1) is 19.9. The van der Waals surface area contributed by atoms with Crippen molar-refractivity contribution >= 4 is 23.4 Å². The second-order valence-electron chi connectivity index (χ2n) is 9.37. The van der Waals surface area contributed by atoms with Crippen LogP contribution in [0.1, 0.15) is 62.4 Å². The van der Waals surface area contributed by atoms with Crippen LogP contribution < -0.4 is 10.6 Å². The largest absolute Gasteiger partial charge is 0.381 e. The molecule has 2 saturated heterocycles. The molecule has 7 nitrogen and oxygen atoms in total. The molecule has 0 unspecified atom stereocenters. The molecule has 0 radical (unpaired) electrons. The molecule has 0 aliphatic carbocycles. The van der Waals surface area contributed by atoms with E-state index in [-0.39, 0.29) is 29.7 Å². The molecule has 4 rings (SSSR count). The fraction of sp³-hybridized carbons (Fsp3) is 0.591. The Labute approximate surface area is 171 Å². The average Bonchev–Trinajstić information content (AvgIpc) is 2.97. The van der Waals surface area contributed by atoms with Gasteiger partial charge in [0.1, 0.15) is 6.04 Å². The summed E-state index contributed by atoms with van der Waals surface area (Å²) in [5.41, 5.74) is 2.77. The highest BCUT2D eigenvalue weighted by atomic mass is 16.2. The minimum absolute atomic E-state index is 0.127. The minimum Gasteiger partial charge on any atom is -0.381 e. The second kappa shape index (κ2) is 7.44. The minimum atomic E-state index is -0.567. The lowest BCUT2D eigenvalue weighted by Crippen LogP contribution is -2.52. The summed E-state index contributed by atoms with van der Waals surface area (Å²) < 4.78 is 0. The summed E-state index contributed by atoms with van der Waals surface area (Å²) in [5, 5.41) is 5.99. The first-order valence-corrected chi connectivity index (χ1v) is 10.5. The van der Waals surface area contributed by atoms with Crippen LogP contribution in [0.25, 0.3) is 0 Å². The number of carbonyl (C=O) groups excluding carboxylic acids is 3. The van der Waals surface area contributed by atoms with Gasteiger partial charge in [-0.1, -0.05) is 0 Å². The molecule has 0 aromatic heterocycles. The smallest absolute Gasteiger partial charge is 0.255 e. The molecule has 2 fully saturated rings. The Morgan fingerprint density at radius 2 is 1.93 bits per heavy atom. The van der Waals surface area contributed by atoms with Gasteiger partial charge in [-0.15, -0.1) is 0 Å². The van der Waals surface area contributed by atoms with Gasteiger partial charge in [0.05, 0.1) is 0 Å². The highest BCUT2D eigenvalue weighted by Gasteiger charge is 2.39. The van der Waals surface area contributed by atoms with Crippen LogP contribution in [0.4, 0.5) is 5.69 Å². The predicted octanol–water partition coefficient (Wildman–Crippen LogP) is 2.12. The van der Waals surface area contributed by atoms with Crippen LogP contribution in [-0.4, -0.2) is 58.2 Å². The SMILES string of the molecule is CC(C)(C)N1CCC[C@H](Nc2ccc3c(c2)CN([C@@H]2CCC(=O)NC2=O)C3=O)C1. The monoisotopic (exact) mass is 398 g/mol. The molecule has 3 aliphatic rings. The van der Waals surface area contributed by atoms with Crippen molar-refractivity contribution in [1.29, 1.82) is 0 Å². The van der Waals surface area contributed by atoms with Crippen LogP contribution >= 0.6 is 0 Å². The number of hydrogen-bond acceptors (Lipinski definition) is 5. The van der Waals surface area contributed by atoms with E-state index in [1.54, 1.807) is 4.90 Å². The summed E-state index contributed by atoms with van der Waals surface area (Å²) in [6.07, 6.45) is 2.96. The number of carbonyl (C=O) groups is 3. The zero-order valence-electron chi connectivity index (χ0n) is 17.5. The molecular formula is C22H30N4O3. The van der Waals surface area contributed by atoms with Crippen molar-refractivity contribution in [2.45, 2.75) is 70.6 Å². The quantitative estimate of drug-likeness (QED) is 0.763. The van der Waals surface area contributed by atoms with Gasteiger partial charge in [-0.3, -0.25) is 24.6 Å². The third-order valence-electron chi connectivity index (χ3n) is 6.26. The molecule has 0 saturated carbocycles. The molecule has 7 heteroatoms. The molecule has 2 atom stereocenters. The lowest BCUT2D eigenvalue weighted by molar-refractivity contribution is -0.136. The maximum atomic E-state index is 12.8. The van der Waals surface area contributed by atoms with Crippen LogP contribution in [0.5, 0.6) is 0 Å². The summed E-state index contributed by atoms with van der Waals surface area (Å²) in [6.45, 7) is 9.29. The topological polar surface area (TPSA) is 81.8 Å². The van der Waals surface area contributed by atoms with Gasteiger partial charge < -0.3 is 10.2 Å². The van der Waals surface area contributed by atoms with E-state index in [1.165, 1.54) is 6.42 Å². The first-order chi connectivity index (χ1) is 13.7. The van der Waals surface area contributed by atoms with Gasteiger partial charge in [0, 0.05) is 42.3 Å². The molecule has 3 heterocycles. The maximum Gasteiger partial charge on any atom is 0.255 e. The number of amides is 3. The van der Waals surface area contributed by atoms with Gasteiger partial charge >= 0.3 is 0 Å². The lowest BCUT2D eigenvalue weighted by Gasteiger charge is -2.42. The first-order valence-electron chi connectivity index (χ1n) is 10.5. The molecule has 156 valence electrons. The van der Waals surface area contributed by atoms with E-state index in [1.807, 2.05) is 18.2 Å². The van der Waals surface area contributed by atoms with Crippen molar-refractivity contribution < 1.29 is 14.4 Å². The zero-order chi connectivity index (χ0) is 20.8. The third-order valence-corrected chi connectivity index (χ3v) is 6.26. The van der Waals surface area contributed by atoms with E-state index < -0.39 is 6.04 Å². The van der Waals surface area contributed by atoms with E-state index in [9.17, 15) is 14.4 Å². The standard InChI is InChI=1S/C22H30N4O3/c1-22(2,3)25-10-4-5-16(13-25)23-15-6-7-17-14(11-15)12-26(21(17)29)18-8-9-19(27)24-20(18)28/h6-7,11,16,18,23H,4-5,8-10,12-13H2,1-3H3,(H,24,27,28)/t16-,18+/m0/s1. The number of imide groups is 1. The Bertz CT molecular complexity index is 845. The van der Waals surface area contributed by atoms with Crippen LogP contribution in [0, 0.1) is 0 Å². The Kier molecular flexibility index (Phi) is 5.11. The number of piperidine rings is 2. The van der Waals surface area contributed by atoms with Crippen molar-refractivity contribution in [3.05, 3.63) is 29.3 Å². The number of benzene rings is 1. The molecule has 0 bridgehead atoms. The number of nitrogens with zero attached hydrogens (tertiary/aromatic N) is 2. The summed E-state index contributed by atoms with van der Waals surface area (Å²) in [6, 6.07) is 5.67. The van der Waals surface area contributed by atoms with E-state index in [4.69, 9.17) is 0 Å². The summed E-state index contributed by atoms with van der Waals surface area (Å²) in [5.74, 6) is -0.762. The molecule has 3 aliphatic heterocycles. The Morgan fingerprint density at radius 3 is 2.66 bits per heavy atom. The van der Waals surface area contributed by atoms with E-state index >= 15 is 0 Å². The van der Waals surface area contributed by atoms with Crippen molar-refractivity contribution in [2.75, 3.05) is 18.4 Å². The van der Waals surface area contributed by atoms with Crippen LogP contribution in [0.3, 0.4) is 0 Å². The van der Waals surface area contributed by atoms with Gasteiger partial charge in [0.25, 0.3) is 5.91 Å². The number of nitrogens with one attached hydrogen (secondary N) is 2. The maximum absolute atomic E-state index is 12.8. The predicted molar refractivity (Wildman–Crippen MR) is 110 cm³/mol. The van der Waals surface area contributed by atoms with Crippen molar-refractivity contribution in [1.82, 2.24) is 15.1 Å². The lowest BCUT2D eigenvalue weighted by atomic mass is 9.98.